The quantitative estimate of drug-likeness (QED) is 0.123. The van der Waals surface area contributed by atoms with E-state index in [2.05, 4.69) is 86.7 Å². The zero-order chi connectivity index (χ0) is 36.5. The van der Waals surface area contributed by atoms with Gasteiger partial charge in [0.25, 0.3) is 0 Å². The van der Waals surface area contributed by atoms with Crippen molar-refractivity contribution >= 4 is 50.8 Å². The van der Waals surface area contributed by atoms with Crippen LogP contribution in [0.15, 0.2) is 108 Å². The van der Waals surface area contributed by atoms with Crippen LogP contribution in [0.4, 0.5) is 0 Å². The molecule has 1 saturated carbocycles. The molecule has 0 saturated heterocycles. The van der Waals surface area contributed by atoms with Gasteiger partial charge in [-0.15, -0.1) is 0 Å². The van der Waals surface area contributed by atoms with Gasteiger partial charge in [-0.2, -0.15) is 0 Å². The Bertz CT molecular complexity index is 2530. The maximum atomic E-state index is 6.25. The van der Waals surface area contributed by atoms with Gasteiger partial charge >= 0.3 is 144 Å². The van der Waals surface area contributed by atoms with Crippen LogP contribution < -0.4 is 4.40 Å². The number of pyridine rings is 3. The van der Waals surface area contributed by atoms with Crippen LogP contribution in [0.5, 0.6) is 0 Å². The third kappa shape index (κ3) is 7.73. The van der Waals surface area contributed by atoms with Crippen molar-refractivity contribution in [3.63, 3.8) is 0 Å². The molecule has 0 atom stereocenters. The summed E-state index contributed by atoms with van der Waals surface area (Å²) >= 11 is -1.89. The smallest absolute Gasteiger partial charge is 0 e. The van der Waals surface area contributed by atoms with Crippen molar-refractivity contribution in [2.45, 2.75) is 69.6 Å². The van der Waals surface area contributed by atoms with E-state index < -0.39 is 13.3 Å². The molecule has 8 aromatic rings. The first-order valence-electron chi connectivity index (χ1n) is 18.8. The molecular weight excluding hydrogens is 903 g/mol. The first-order chi connectivity index (χ1) is 25.7. The predicted octanol–water partition coefficient (Wildman–Crippen LogP) is 11.0. The second kappa shape index (κ2) is 16.1. The van der Waals surface area contributed by atoms with Gasteiger partial charge in [-0.3, -0.25) is 4.98 Å². The van der Waals surface area contributed by atoms with E-state index >= 15 is 0 Å². The Labute approximate surface area is 334 Å². The standard InChI is InChI=1S/C25H17N4O.C21H28GeN.Ir/c1-15-12-13-18-22-16(2)26-14-19(23(22)30-25(18)27-15)24-28-20-10-6-7-11-21(20)29(24)17-8-4-3-5-9-17;1-22(2,3)20-16-23-21(18-12-8-5-9-13-18)15-19(20)14-17-10-6-4-7-11-17;/h3-13H,1-2H3;5,8-9,12,15-17H,4,6-7,10-11,14H2,1-3H3;/q2*-1;. The molecule has 0 bridgehead atoms. The molecule has 0 N–H and O–H groups in total. The van der Waals surface area contributed by atoms with E-state index in [9.17, 15) is 0 Å². The maximum Gasteiger partial charge on any atom is 0 e. The first-order valence-corrected chi connectivity index (χ1v) is 26.2. The predicted molar refractivity (Wildman–Crippen MR) is 219 cm³/mol. The zero-order valence-electron chi connectivity index (χ0n) is 31.6. The summed E-state index contributed by atoms with van der Waals surface area (Å²) in [6.45, 7) is 3.93. The summed E-state index contributed by atoms with van der Waals surface area (Å²) in [5, 5.41) is 1.91. The second-order valence-corrected chi connectivity index (χ2v) is 25.9. The number of para-hydroxylation sites is 3. The van der Waals surface area contributed by atoms with E-state index in [4.69, 9.17) is 14.4 Å². The van der Waals surface area contributed by atoms with E-state index in [1.165, 1.54) is 38.5 Å². The van der Waals surface area contributed by atoms with E-state index in [1.807, 2.05) is 74.5 Å². The van der Waals surface area contributed by atoms with Crippen molar-refractivity contribution in [1.82, 2.24) is 24.5 Å². The SMILES string of the molecule is Cc1ccc2c(n1)oc1c(-c3nc4ccccc4n3-c3ccccc3)[c-]nc(C)c12.[CH3][Ge]([CH3])([CH3])[c]1cnc(-c2[c-]cccc2)cc1CC1CCCCC1.[Ir]. The number of nitrogens with zero attached hydrogens (tertiary/aromatic N) is 5. The molecule has 1 aliphatic rings. The average Bonchev–Trinajstić information content (AvgIpc) is 3.75. The summed E-state index contributed by atoms with van der Waals surface area (Å²) in [4.78, 5) is 18.9. The number of aromatic nitrogens is 5. The molecular formula is C46H45GeIrN5O-2. The summed E-state index contributed by atoms with van der Waals surface area (Å²) in [6.07, 6.45) is 13.7. The molecule has 6 nitrogen and oxygen atoms in total. The molecule has 0 aliphatic heterocycles. The molecule has 8 heteroatoms. The van der Waals surface area contributed by atoms with Crippen molar-refractivity contribution in [2.75, 3.05) is 0 Å². The topological polar surface area (TPSA) is 69.6 Å². The molecule has 1 fully saturated rings. The summed E-state index contributed by atoms with van der Waals surface area (Å²) in [7, 11) is 0. The van der Waals surface area contributed by atoms with Crippen molar-refractivity contribution in [3.05, 3.63) is 132 Å². The Morgan fingerprint density at radius 3 is 2.37 bits per heavy atom. The molecule has 54 heavy (non-hydrogen) atoms. The molecule has 0 unspecified atom stereocenters. The molecule has 9 rings (SSSR count). The Morgan fingerprint density at radius 2 is 1.61 bits per heavy atom. The largest absolute Gasteiger partial charge is 0 e. The first kappa shape index (κ1) is 37.9. The van der Waals surface area contributed by atoms with Crippen LogP contribution in [-0.4, -0.2) is 37.8 Å². The third-order valence-corrected chi connectivity index (χ3v) is 14.8. The van der Waals surface area contributed by atoms with Crippen molar-refractivity contribution in [1.29, 1.82) is 0 Å². The Morgan fingerprint density at radius 1 is 0.852 bits per heavy atom. The summed E-state index contributed by atoms with van der Waals surface area (Å²) in [5.41, 5.74) is 10.5. The molecule has 5 aromatic heterocycles. The summed E-state index contributed by atoms with van der Waals surface area (Å²) in [6, 6.07) is 36.2. The van der Waals surface area contributed by atoms with Crippen molar-refractivity contribution < 1.29 is 24.5 Å². The van der Waals surface area contributed by atoms with Crippen LogP contribution in [0.25, 0.3) is 61.4 Å². The normalized spacial score (nSPS) is 13.5. The van der Waals surface area contributed by atoms with Crippen LogP contribution in [0.3, 0.4) is 0 Å². The molecule has 1 aliphatic carbocycles. The Hall–Kier alpha value is -4.43. The number of aryl methyl sites for hydroxylation is 2. The minimum atomic E-state index is -1.89. The summed E-state index contributed by atoms with van der Waals surface area (Å²) in [5.74, 6) is 9.07. The van der Waals surface area contributed by atoms with Gasteiger partial charge in [0.05, 0.1) is 22.4 Å². The van der Waals surface area contributed by atoms with Crippen LogP contribution in [0.1, 0.15) is 49.1 Å². The Kier molecular flexibility index (Phi) is 11.3. The van der Waals surface area contributed by atoms with Crippen LogP contribution in [0, 0.1) is 32.0 Å². The van der Waals surface area contributed by atoms with Crippen LogP contribution >= 0.6 is 0 Å². The fourth-order valence-electron chi connectivity index (χ4n) is 7.78. The van der Waals surface area contributed by atoms with Gasteiger partial charge in [0, 0.05) is 36.9 Å². The number of hydrogen-bond donors (Lipinski definition) is 0. The second-order valence-electron chi connectivity index (χ2n) is 15.4. The maximum absolute atomic E-state index is 6.25. The van der Waals surface area contributed by atoms with E-state index in [1.54, 1.807) is 9.96 Å². The van der Waals surface area contributed by atoms with Gasteiger partial charge < -0.3 is 14.0 Å². The minimum Gasteiger partial charge on any atom is 0 e. The van der Waals surface area contributed by atoms with Gasteiger partial charge in [-0.25, -0.2) is 4.98 Å². The van der Waals surface area contributed by atoms with E-state index in [-0.39, 0.29) is 20.1 Å². The Balaban J connectivity index is 0.000000170. The minimum absolute atomic E-state index is 0. The molecule has 0 amide bonds. The van der Waals surface area contributed by atoms with E-state index in [0.29, 0.717) is 11.3 Å². The van der Waals surface area contributed by atoms with E-state index in [0.717, 1.165) is 67.4 Å². The van der Waals surface area contributed by atoms with Crippen LogP contribution in [0.2, 0.25) is 17.3 Å². The van der Waals surface area contributed by atoms with Gasteiger partial charge in [-0.05, 0) is 66.2 Å². The number of benzene rings is 3. The number of furan rings is 1. The monoisotopic (exact) mass is 950 g/mol. The molecule has 5 heterocycles. The fourth-order valence-corrected chi connectivity index (χ4v) is 11.1. The van der Waals surface area contributed by atoms with Gasteiger partial charge in [-0.1, -0.05) is 37.3 Å². The average molecular weight is 949 g/mol. The van der Waals surface area contributed by atoms with Gasteiger partial charge in [0.1, 0.15) is 0 Å². The van der Waals surface area contributed by atoms with Crippen molar-refractivity contribution in [3.8, 4) is 28.3 Å². The third-order valence-electron chi connectivity index (χ3n) is 10.4. The molecule has 3 aromatic carbocycles. The van der Waals surface area contributed by atoms with Crippen LogP contribution in [-0.2, 0) is 26.5 Å². The van der Waals surface area contributed by atoms with Crippen molar-refractivity contribution in [2.24, 2.45) is 5.92 Å². The zero-order valence-corrected chi connectivity index (χ0v) is 36.1. The van der Waals surface area contributed by atoms with Gasteiger partial charge in [0.2, 0.25) is 5.71 Å². The fraction of sp³-hybridized carbons (Fsp3) is 0.261. The van der Waals surface area contributed by atoms with Gasteiger partial charge in [0.15, 0.2) is 0 Å². The summed E-state index contributed by atoms with van der Waals surface area (Å²) < 4.78 is 9.97. The number of hydrogen-bond acceptors (Lipinski definition) is 5. The molecule has 0 spiro atoms. The number of fused-ring (bicyclic) bond motifs is 4. The number of imidazole rings is 1. The molecule has 275 valence electrons. The number of rotatable bonds is 6. The molecule has 1 radical (unpaired) electrons.